The fourth-order valence-electron chi connectivity index (χ4n) is 2.09. The second-order valence-electron chi connectivity index (χ2n) is 5.88. The largest absolute Gasteiger partial charge is 0.351 e. The number of likely N-dealkylation sites (N-methyl/N-ethyl adjacent to an activating group) is 1. The Morgan fingerprint density at radius 2 is 1.88 bits per heavy atom. The number of sulfonamides is 1. The molecule has 1 aromatic rings. The Bertz CT molecular complexity index is 750. The maximum Gasteiger partial charge on any atom is 0.242 e. The Hall–Kier alpha value is -1.90. The van der Waals surface area contributed by atoms with Gasteiger partial charge in [0.2, 0.25) is 21.8 Å². The van der Waals surface area contributed by atoms with Crippen LogP contribution in [0.5, 0.6) is 0 Å². The maximum atomic E-state index is 12.7. The van der Waals surface area contributed by atoms with Crippen molar-refractivity contribution in [2.45, 2.75) is 19.5 Å². The van der Waals surface area contributed by atoms with Gasteiger partial charge in [0.1, 0.15) is 6.04 Å². The lowest BCUT2D eigenvalue weighted by Crippen LogP contribution is -2.50. The summed E-state index contributed by atoms with van der Waals surface area (Å²) in [4.78, 5) is 26.3. The highest BCUT2D eigenvalue weighted by Gasteiger charge is 2.28. The van der Waals surface area contributed by atoms with E-state index < -0.39 is 22.0 Å². The number of carbonyl (C=O) groups is 2. The normalized spacial score (nSPS) is 12.5. The van der Waals surface area contributed by atoms with Crippen molar-refractivity contribution in [2.24, 2.45) is 0 Å². The SMILES string of the molecule is C=CCNC(=O)C(C)N(Cc1ccc(Cl)cc1)C(=O)CN(C)S(C)(=O)=O. The zero-order valence-corrected chi connectivity index (χ0v) is 16.7. The van der Waals surface area contributed by atoms with E-state index in [0.717, 1.165) is 16.1 Å². The number of benzene rings is 1. The zero-order valence-electron chi connectivity index (χ0n) is 15.1. The summed E-state index contributed by atoms with van der Waals surface area (Å²) in [6.07, 6.45) is 2.55. The molecule has 0 fully saturated rings. The summed E-state index contributed by atoms with van der Waals surface area (Å²) in [5.74, 6) is -0.830. The second kappa shape index (κ2) is 9.70. The van der Waals surface area contributed by atoms with E-state index in [1.54, 1.807) is 31.2 Å². The van der Waals surface area contributed by atoms with E-state index in [1.807, 2.05) is 0 Å². The second-order valence-corrected chi connectivity index (χ2v) is 8.40. The molecule has 0 radical (unpaired) electrons. The number of rotatable bonds is 9. The summed E-state index contributed by atoms with van der Waals surface area (Å²) < 4.78 is 24.1. The topological polar surface area (TPSA) is 86.8 Å². The van der Waals surface area contributed by atoms with E-state index in [-0.39, 0.29) is 25.5 Å². The van der Waals surface area contributed by atoms with Crippen LogP contribution in [0.3, 0.4) is 0 Å². The molecule has 1 unspecified atom stereocenters. The summed E-state index contributed by atoms with van der Waals surface area (Å²) in [5, 5.41) is 3.20. The van der Waals surface area contributed by atoms with Crippen molar-refractivity contribution < 1.29 is 18.0 Å². The number of halogens is 1. The van der Waals surface area contributed by atoms with Gasteiger partial charge in [-0.3, -0.25) is 9.59 Å². The lowest BCUT2D eigenvalue weighted by atomic mass is 10.1. The molecule has 0 bridgehead atoms. The first-order chi connectivity index (χ1) is 12.1. The average molecular weight is 402 g/mol. The highest BCUT2D eigenvalue weighted by atomic mass is 35.5. The molecular weight excluding hydrogens is 378 g/mol. The molecule has 7 nitrogen and oxygen atoms in total. The summed E-state index contributed by atoms with van der Waals surface area (Å²) in [6.45, 7) is 5.19. The van der Waals surface area contributed by atoms with Crippen molar-refractivity contribution >= 4 is 33.4 Å². The Morgan fingerprint density at radius 3 is 2.38 bits per heavy atom. The Kier molecular flexibility index (Phi) is 8.26. The third kappa shape index (κ3) is 6.78. The van der Waals surface area contributed by atoms with Crippen LogP contribution < -0.4 is 5.32 Å². The van der Waals surface area contributed by atoms with Gasteiger partial charge in [-0.15, -0.1) is 6.58 Å². The van der Waals surface area contributed by atoms with Crippen molar-refractivity contribution in [3.8, 4) is 0 Å². The van der Waals surface area contributed by atoms with Crippen LogP contribution in [0, 0.1) is 0 Å². The first kappa shape index (κ1) is 22.1. The van der Waals surface area contributed by atoms with Crippen LogP contribution >= 0.6 is 11.6 Å². The number of nitrogens with zero attached hydrogens (tertiary/aromatic N) is 2. The number of hydrogen-bond acceptors (Lipinski definition) is 4. The Labute approximate surface area is 159 Å². The average Bonchev–Trinajstić information content (AvgIpc) is 2.57. The van der Waals surface area contributed by atoms with Gasteiger partial charge in [0.05, 0.1) is 12.8 Å². The Morgan fingerprint density at radius 1 is 1.31 bits per heavy atom. The monoisotopic (exact) mass is 401 g/mol. The lowest BCUT2D eigenvalue weighted by Gasteiger charge is -2.30. The van der Waals surface area contributed by atoms with E-state index in [1.165, 1.54) is 18.0 Å². The van der Waals surface area contributed by atoms with Crippen LogP contribution in [0.1, 0.15) is 12.5 Å². The maximum absolute atomic E-state index is 12.7. The molecule has 0 aromatic heterocycles. The van der Waals surface area contributed by atoms with Crippen LogP contribution in [0.15, 0.2) is 36.9 Å². The fourth-order valence-corrected chi connectivity index (χ4v) is 2.56. The number of hydrogen-bond donors (Lipinski definition) is 1. The molecule has 9 heteroatoms. The van der Waals surface area contributed by atoms with Gasteiger partial charge in [-0.05, 0) is 24.6 Å². The molecule has 144 valence electrons. The minimum absolute atomic E-state index is 0.149. The minimum Gasteiger partial charge on any atom is -0.351 e. The van der Waals surface area contributed by atoms with Crippen LogP contribution in [-0.2, 0) is 26.2 Å². The molecular formula is C17H24ClN3O4S. The minimum atomic E-state index is -3.52. The highest BCUT2D eigenvalue weighted by Crippen LogP contribution is 2.14. The summed E-state index contributed by atoms with van der Waals surface area (Å²) in [7, 11) is -2.20. The standard InChI is InChI=1S/C17H24ClN3O4S/c1-5-10-19-17(23)13(2)21(11-14-6-8-15(18)9-7-14)16(22)12-20(3)26(4,24)25/h5-9,13H,1,10-12H2,2-4H3,(H,19,23). The molecule has 1 rings (SSSR count). The summed E-state index contributed by atoms with van der Waals surface area (Å²) in [6, 6.07) is 6.08. The molecule has 0 aliphatic heterocycles. The van der Waals surface area contributed by atoms with E-state index in [2.05, 4.69) is 11.9 Å². The van der Waals surface area contributed by atoms with Crippen molar-refractivity contribution in [3.63, 3.8) is 0 Å². The van der Waals surface area contributed by atoms with Crippen LogP contribution in [-0.4, -0.2) is 61.9 Å². The lowest BCUT2D eigenvalue weighted by molar-refractivity contribution is -0.140. The predicted octanol–water partition coefficient (Wildman–Crippen LogP) is 1.25. The third-order valence-electron chi connectivity index (χ3n) is 3.78. The van der Waals surface area contributed by atoms with Gasteiger partial charge < -0.3 is 10.2 Å². The van der Waals surface area contributed by atoms with E-state index in [0.29, 0.717) is 5.02 Å². The van der Waals surface area contributed by atoms with E-state index in [9.17, 15) is 18.0 Å². The number of amides is 2. The van der Waals surface area contributed by atoms with Crippen molar-refractivity contribution in [1.82, 2.24) is 14.5 Å². The van der Waals surface area contributed by atoms with Gasteiger partial charge in [-0.2, -0.15) is 4.31 Å². The molecule has 0 aliphatic rings. The predicted molar refractivity (Wildman–Crippen MR) is 102 cm³/mol. The zero-order chi connectivity index (χ0) is 19.9. The third-order valence-corrected chi connectivity index (χ3v) is 5.29. The van der Waals surface area contributed by atoms with Gasteiger partial charge >= 0.3 is 0 Å². The first-order valence-electron chi connectivity index (χ1n) is 7.90. The first-order valence-corrected chi connectivity index (χ1v) is 10.1. The molecule has 26 heavy (non-hydrogen) atoms. The van der Waals surface area contributed by atoms with Gasteiger partial charge in [-0.25, -0.2) is 8.42 Å². The summed E-state index contributed by atoms with van der Waals surface area (Å²) >= 11 is 5.87. The van der Waals surface area contributed by atoms with Crippen LogP contribution in [0.4, 0.5) is 0 Å². The number of carbonyl (C=O) groups excluding carboxylic acids is 2. The molecule has 1 atom stereocenters. The Balaban J connectivity index is 3.03. The van der Waals surface area contributed by atoms with Crippen LogP contribution in [0.2, 0.25) is 5.02 Å². The smallest absolute Gasteiger partial charge is 0.242 e. The van der Waals surface area contributed by atoms with Gasteiger partial charge in [0.25, 0.3) is 0 Å². The number of nitrogens with one attached hydrogen (secondary N) is 1. The van der Waals surface area contributed by atoms with Crippen molar-refractivity contribution in [3.05, 3.63) is 47.5 Å². The molecule has 0 saturated carbocycles. The van der Waals surface area contributed by atoms with Crippen molar-refractivity contribution in [2.75, 3.05) is 26.4 Å². The molecule has 0 aliphatic carbocycles. The molecule has 0 saturated heterocycles. The van der Waals surface area contributed by atoms with Gasteiger partial charge in [0, 0.05) is 25.2 Å². The summed E-state index contributed by atoms with van der Waals surface area (Å²) in [5.41, 5.74) is 0.771. The van der Waals surface area contributed by atoms with Crippen LogP contribution in [0.25, 0.3) is 0 Å². The van der Waals surface area contributed by atoms with E-state index in [4.69, 9.17) is 11.6 Å². The molecule has 2 amide bonds. The van der Waals surface area contributed by atoms with Gasteiger partial charge in [-0.1, -0.05) is 29.8 Å². The van der Waals surface area contributed by atoms with E-state index >= 15 is 0 Å². The molecule has 1 N–H and O–H groups in total. The highest BCUT2D eigenvalue weighted by molar-refractivity contribution is 7.88. The molecule has 1 aromatic carbocycles. The van der Waals surface area contributed by atoms with Crippen molar-refractivity contribution in [1.29, 1.82) is 0 Å². The molecule has 0 spiro atoms. The fraction of sp³-hybridized carbons (Fsp3) is 0.412. The van der Waals surface area contributed by atoms with Gasteiger partial charge in [0.15, 0.2) is 0 Å². The quantitative estimate of drug-likeness (QED) is 0.631. The molecule has 0 heterocycles.